The average Bonchev–Trinajstić information content (AvgIpc) is 2.69. The van der Waals surface area contributed by atoms with Crippen molar-refractivity contribution in [1.82, 2.24) is 14.8 Å². The Kier molecular flexibility index (Phi) is 4.13. The van der Waals surface area contributed by atoms with Crippen LogP contribution in [-0.2, 0) is 6.42 Å². The Hall–Kier alpha value is -3.21. The number of rotatable bonds is 3. The molecule has 0 N–H and O–H groups in total. The van der Waals surface area contributed by atoms with Crippen LogP contribution in [0.4, 0.5) is 5.69 Å². The van der Waals surface area contributed by atoms with Crippen LogP contribution in [-0.4, -0.2) is 28.9 Å². The lowest BCUT2D eigenvalue weighted by atomic mass is 9.90. The molecule has 26 heavy (non-hydrogen) atoms. The van der Waals surface area contributed by atoms with Gasteiger partial charge in [0.25, 0.3) is 5.56 Å². The minimum absolute atomic E-state index is 0.0847. The average molecular weight is 344 g/mol. The third kappa shape index (κ3) is 2.92. The van der Waals surface area contributed by atoms with Crippen molar-refractivity contribution < 1.29 is 0 Å². The van der Waals surface area contributed by atoms with E-state index in [1.54, 1.807) is 18.5 Å². The summed E-state index contributed by atoms with van der Waals surface area (Å²) in [6, 6.07) is 13.9. The molecule has 0 unspecified atom stereocenters. The summed E-state index contributed by atoms with van der Waals surface area (Å²) in [6.45, 7) is 0. The van der Waals surface area contributed by atoms with Crippen LogP contribution in [0.25, 0.3) is 17.5 Å². The topological polar surface area (TPSA) is 51.0 Å². The summed E-state index contributed by atoms with van der Waals surface area (Å²) in [6.07, 6.45) is 7.07. The second kappa shape index (κ2) is 6.59. The van der Waals surface area contributed by atoms with Crippen molar-refractivity contribution in [2.75, 3.05) is 19.0 Å². The van der Waals surface area contributed by atoms with Crippen molar-refractivity contribution in [3.05, 3.63) is 81.9 Å². The quantitative estimate of drug-likeness (QED) is 0.732. The first kappa shape index (κ1) is 16.3. The van der Waals surface area contributed by atoms with Crippen molar-refractivity contribution in [3.8, 4) is 5.82 Å². The zero-order valence-electron chi connectivity index (χ0n) is 14.9. The molecule has 0 saturated carbocycles. The minimum Gasteiger partial charge on any atom is -0.378 e. The van der Waals surface area contributed by atoms with Gasteiger partial charge in [0, 0.05) is 37.1 Å². The number of fused-ring (bicyclic) bond motifs is 1. The van der Waals surface area contributed by atoms with E-state index in [4.69, 9.17) is 0 Å². The summed E-state index contributed by atoms with van der Waals surface area (Å²) < 4.78 is 1.38. The number of aromatic nitrogens is 3. The predicted molar refractivity (Wildman–Crippen MR) is 105 cm³/mol. The minimum atomic E-state index is -0.0847. The molecule has 3 aromatic rings. The molecule has 1 aliphatic carbocycles. The molecule has 0 atom stereocenters. The maximum Gasteiger partial charge on any atom is 0.276 e. The van der Waals surface area contributed by atoms with Crippen molar-refractivity contribution in [2.45, 2.75) is 12.8 Å². The molecule has 1 aliphatic rings. The van der Waals surface area contributed by atoms with E-state index in [0.717, 1.165) is 23.2 Å². The zero-order chi connectivity index (χ0) is 18.1. The van der Waals surface area contributed by atoms with Crippen LogP contribution in [0, 0.1) is 0 Å². The third-order valence-corrected chi connectivity index (χ3v) is 4.68. The maximum absolute atomic E-state index is 12.8. The van der Waals surface area contributed by atoms with Gasteiger partial charge in [0.1, 0.15) is 0 Å². The fourth-order valence-electron chi connectivity index (χ4n) is 3.25. The molecule has 1 aromatic carbocycles. The molecule has 0 aliphatic heterocycles. The SMILES string of the molecule is CN(C)c1cccc(C2=Cc3cnn(-c4ccccn4)c(=O)c3CC2)c1. The van der Waals surface area contributed by atoms with Crippen LogP contribution < -0.4 is 10.5 Å². The first-order valence-electron chi connectivity index (χ1n) is 8.64. The summed E-state index contributed by atoms with van der Waals surface area (Å²) >= 11 is 0. The molecule has 130 valence electrons. The molecule has 0 amide bonds. The molecule has 0 spiro atoms. The van der Waals surface area contributed by atoms with E-state index in [9.17, 15) is 4.79 Å². The molecule has 0 saturated heterocycles. The van der Waals surface area contributed by atoms with Gasteiger partial charge in [-0.3, -0.25) is 4.79 Å². The predicted octanol–water partition coefficient (Wildman–Crippen LogP) is 3.18. The summed E-state index contributed by atoms with van der Waals surface area (Å²) in [5, 5.41) is 4.32. The number of anilines is 1. The summed E-state index contributed by atoms with van der Waals surface area (Å²) in [4.78, 5) is 19.1. The Labute approximate surface area is 152 Å². The molecule has 2 heterocycles. The first-order chi connectivity index (χ1) is 12.6. The molecule has 5 nitrogen and oxygen atoms in total. The van der Waals surface area contributed by atoms with Crippen LogP contribution in [0.5, 0.6) is 0 Å². The number of hydrogen-bond donors (Lipinski definition) is 0. The fourth-order valence-corrected chi connectivity index (χ4v) is 3.25. The lowest BCUT2D eigenvalue weighted by Crippen LogP contribution is -2.27. The number of pyridine rings is 1. The molecule has 5 heteroatoms. The van der Waals surface area contributed by atoms with Crippen LogP contribution in [0.3, 0.4) is 0 Å². The van der Waals surface area contributed by atoms with Gasteiger partial charge in [0.05, 0.1) is 6.20 Å². The Morgan fingerprint density at radius 3 is 2.73 bits per heavy atom. The highest BCUT2D eigenvalue weighted by Crippen LogP contribution is 2.30. The van der Waals surface area contributed by atoms with E-state index in [2.05, 4.69) is 45.3 Å². The van der Waals surface area contributed by atoms with Crippen molar-refractivity contribution in [1.29, 1.82) is 0 Å². The van der Waals surface area contributed by atoms with Gasteiger partial charge in [-0.15, -0.1) is 0 Å². The van der Waals surface area contributed by atoms with Gasteiger partial charge < -0.3 is 4.90 Å². The van der Waals surface area contributed by atoms with Gasteiger partial charge in [-0.25, -0.2) is 4.98 Å². The lowest BCUT2D eigenvalue weighted by Gasteiger charge is -2.19. The first-order valence-corrected chi connectivity index (χ1v) is 8.64. The van der Waals surface area contributed by atoms with Crippen LogP contribution in [0.2, 0.25) is 0 Å². The molecule has 0 bridgehead atoms. The highest BCUT2D eigenvalue weighted by atomic mass is 16.1. The van der Waals surface area contributed by atoms with E-state index in [1.165, 1.54) is 15.8 Å². The van der Waals surface area contributed by atoms with Gasteiger partial charge in [0.15, 0.2) is 5.82 Å². The maximum atomic E-state index is 12.8. The van der Waals surface area contributed by atoms with Crippen molar-refractivity contribution in [3.63, 3.8) is 0 Å². The Bertz CT molecular complexity index is 1040. The fraction of sp³-hybridized carbons (Fsp3) is 0.190. The number of nitrogens with zero attached hydrogens (tertiary/aromatic N) is 4. The van der Waals surface area contributed by atoms with Gasteiger partial charge >= 0.3 is 0 Å². The summed E-state index contributed by atoms with van der Waals surface area (Å²) in [7, 11) is 4.07. The van der Waals surface area contributed by atoms with Gasteiger partial charge in [-0.2, -0.15) is 9.78 Å². The van der Waals surface area contributed by atoms with Gasteiger partial charge in [-0.1, -0.05) is 18.2 Å². The Morgan fingerprint density at radius 1 is 1.08 bits per heavy atom. The summed E-state index contributed by atoms with van der Waals surface area (Å²) in [5.74, 6) is 0.550. The molecular formula is C21H20N4O. The monoisotopic (exact) mass is 344 g/mol. The normalized spacial score (nSPS) is 13.1. The molecular weight excluding hydrogens is 324 g/mol. The smallest absolute Gasteiger partial charge is 0.276 e. The zero-order valence-corrected chi connectivity index (χ0v) is 14.9. The Balaban J connectivity index is 1.75. The Morgan fingerprint density at radius 2 is 1.96 bits per heavy atom. The molecule has 0 fully saturated rings. The standard InChI is InChI=1S/C21H20N4O/c1-24(2)18-7-5-6-15(13-18)16-9-10-19-17(12-16)14-23-25(21(19)26)20-8-3-4-11-22-20/h3-8,11-14H,9-10H2,1-2H3. The molecule has 2 aromatic heterocycles. The lowest BCUT2D eigenvalue weighted by molar-refractivity contribution is 0.755. The number of allylic oxidation sites excluding steroid dienone is 1. The van der Waals surface area contributed by atoms with E-state index in [1.807, 2.05) is 26.2 Å². The summed E-state index contributed by atoms with van der Waals surface area (Å²) in [5.41, 5.74) is 5.21. The van der Waals surface area contributed by atoms with E-state index in [0.29, 0.717) is 12.2 Å². The highest BCUT2D eigenvalue weighted by Gasteiger charge is 2.18. The largest absolute Gasteiger partial charge is 0.378 e. The highest BCUT2D eigenvalue weighted by molar-refractivity contribution is 5.85. The number of hydrogen-bond acceptors (Lipinski definition) is 4. The van der Waals surface area contributed by atoms with E-state index < -0.39 is 0 Å². The third-order valence-electron chi connectivity index (χ3n) is 4.68. The van der Waals surface area contributed by atoms with Crippen LogP contribution in [0.15, 0.2) is 59.7 Å². The molecule has 0 radical (unpaired) electrons. The van der Waals surface area contributed by atoms with Crippen LogP contribution in [0.1, 0.15) is 23.1 Å². The number of benzene rings is 1. The van der Waals surface area contributed by atoms with Crippen molar-refractivity contribution >= 4 is 17.3 Å². The van der Waals surface area contributed by atoms with Crippen molar-refractivity contribution in [2.24, 2.45) is 0 Å². The van der Waals surface area contributed by atoms with E-state index in [-0.39, 0.29) is 5.56 Å². The molecule has 4 rings (SSSR count). The second-order valence-electron chi connectivity index (χ2n) is 6.60. The second-order valence-corrected chi connectivity index (χ2v) is 6.60. The van der Waals surface area contributed by atoms with Gasteiger partial charge in [-0.05, 0) is 54.3 Å². The van der Waals surface area contributed by atoms with Crippen LogP contribution >= 0.6 is 0 Å². The van der Waals surface area contributed by atoms with E-state index >= 15 is 0 Å². The van der Waals surface area contributed by atoms with Gasteiger partial charge in [0.2, 0.25) is 0 Å².